The fraction of sp³-hybridized carbons (Fsp3) is 0.455. The summed E-state index contributed by atoms with van der Waals surface area (Å²) < 4.78 is 27.3. The lowest BCUT2D eigenvalue weighted by Gasteiger charge is -2.33. The van der Waals surface area contributed by atoms with Crippen molar-refractivity contribution in [3.8, 4) is 0 Å². The summed E-state index contributed by atoms with van der Waals surface area (Å²) in [4.78, 5) is 0.168. The van der Waals surface area contributed by atoms with E-state index >= 15 is 0 Å². The van der Waals surface area contributed by atoms with Crippen LogP contribution in [0.3, 0.4) is 0 Å². The van der Waals surface area contributed by atoms with Gasteiger partial charge in [-0.25, -0.2) is 8.42 Å². The number of sulfonamides is 1. The van der Waals surface area contributed by atoms with Gasteiger partial charge in [-0.15, -0.1) is 0 Å². The maximum absolute atomic E-state index is 12.5. The molecule has 0 amide bonds. The maximum Gasteiger partial charge on any atom is 0.244 e. The van der Waals surface area contributed by atoms with Gasteiger partial charge in [0.1, 0.15) is 4.90 Å². The number of halogens is 2. The molecule has 18 heavy (non-hydrogen) atoms. The van der Waals surface area contributed by atoms with Crippen molar-refractivity contribution in [2.75, 3.05) is 19.6 Å². The van der Waals surface area contributed by atoms with Gasteiger partial charge >= 0.3 is 0 Å². The van der Waals surface area contributed by atoms with Crippen molar-refractivity contribution in [2.45, 2.75) is 17.9 Å². The summed E-state index contributed by atoms with van der Waals surface area (Å²) in [6.45, 7) is 3.68. The van der Waals surface area contributed by atoms with E-state index in [9.17, 15) is 8.42 Å². The van der Waals surface area contributed by atoms with E-state index in [1.165, 1.54) is 10.4 Å². The number of piperazine rings is 1. The van der Waals surface area contributed by atoms with Gasteiger partial charge in [0.15, 0.2) is 0 Å². The molecule has 1 heterocycles. The van der Waals surface area contributed by atoms with Crippen LogP contribution in [0.4, 0.5) is 0 Å². The van der Waals surface area contributed by atoms with E-state index in [4.69, 9.17) is 11.6 Å². The Kier molecular flexibility index (Phi) is 4.33. The van der Waals surface area contributed by atoms with Gasteiger partial charge in [-0.05, 0) is 25.1 Å². The van der Waals surface area contributed by atoms with Crippen LogP contribution < -0.4 is 5.32 Å². The molecule has 7 heteroatoms. The van der Waals surface area contributed by atoms with Crippen molar-refractivity contribution in [3.63, 3.8) is 0 Å². The summed E-state index contributed by atoms with van der Waals surface area (Å²) in [5, 5.41) is 3.41. The van der Waals surface area contributed by atoms with Gasteiger partial charge < -0.3 is 5.32 Å². The molecule has 0 bridgehead atoms. The molecule has 0 aliphatic carbocycles. The third-order valence-corrected chi connectivity index (χ3v) is 5.91. The lowest BCUT2D eigenvalue weighted by Crippen LogP contribution is -2.52. The van der Waals surface area contributed by atoms with Crippen LogP contribution in [0.5, 0.6) is 0 Å². The first-order valence-electron chi connectivity index (χ1n) is 5.60. The Morgan fingerprint density at radius 1 is 1.50 bits per heavy atom. The second kappa shape index (κ2) is 5.46. The first kappa shape index (κ1) is 14.3. The van der Waals surface area contributed by atoms with E-state index in [1.807, 2.05) is 6.92 Å². The van der Waals surface area contributed by atoms with E-state index in [0.29, 0.717) is 19.6 Å². The van der Waals surface area contributed by atoms with E-state index in [1.54, 1.807) is 12.1 Å². The van der Waals surface area contributed by atoms with E-state index in [2.05, 4.69) is 21.2 Å². The monoisotopic (exact) mass is 352 g/mol. The van der Waals surface area contributed by atoms with Gasteiger partial charge in [-0.2, -0.15) is 4.31 Å². The number of nitrogens with zero attached hydrogens (tertiary/aromatic N) is 1. The maximum atomic E-state index is 12.5. The molecule has 1 aromatic rings. The highest BCUT2D eigenvalue weighted by atomic mass is 79.9. The summed E-state index contributed by atoms with van der Waals surface area (Å²) in [5.41, 5.74) is 0. The van der Waals surface area contributed by atoms with Crippen molar-refractivity contribution in [3.05, 3.63) is 27.7 Å². The summed E-state index contributed by atoms with van der Waals surface area (Å²) in [5.74, 6) is 0. The fourth-order valence-corrected chi connectivity index (χ4v) is 4.63. The van der Waals surface area contributed by atoms with Crippen LogP contribution in [-0.4, -0.2) is 38.4 Å². The average Bonchev–Trinajstić information content (AvgIpc) is 2.28. The SMILES string of the molecule is CC1CNCCN1S(=O)(=O)c1ccc(Br)cc1Cl. The zero-order chi connectivity index (χ0) is 13.3. The molecule has 1 unspecified atom stereocenters. The van der Waals surface area contributed by atoms with Crippen molar-refractivity contribution < 1.29 is 8.42 Å². The standard InChI is InChI=1S/C11H14BrClN2O2S/c1-8-7-14-4-5-15(8)18(16,17)11-3-2-9(12)6-10(11)13/h2-3,6,8,14H,4-5,7H2,1H3. The quantitative estimate of drug-likeness (QED) is 0.885. The molecule has 1 aliphatic rings. The zero-order valence-electron chi connectivity index (χ0n) is 9.86. The lowest BCUT2D eigenvalue weighted by molar-refractivity contribution is 0.284. The van der Waals surface area contributed by atoms with Gasteiger partial charge in [0, 0.05) is 30.1 Å². The molecule has 0 aromatic heterocycles. The summed E-state index contributed by atoms with van der Waals surface area (Å²) in [7, 11) is -3.52. The van der Waals surface area contributed by atoms with Crippen molar-refractivity contribution >= 4 is 37.6 Å². The lowest BCUT2D eigenvalue weighted by atomic mass is 10.3. The Morgan fingerprint density at radius 2 is 2.22 bits per heavy atom. The first-order chi connectivity index (χ1) is 8.43. The summed E-state index contributed by atoms with van der Waals surface area (Å²) in [6, 6.07) is 4.76. The molecule has 1 fully saturated rings. The molecule has 4 nitrogen and oxygen atoms in total. The topological polar surface area (TPSA) is 49.4 Å². The van der Waals surface area contributed by atoms with Crippen molar-refractivity contribution in [1.82, 2.24) is 9.62 Å². The average molecular weight is 354 g/mol. The molecule has 2 rings (SSSR count). The minimum atomic E-state index is -3.52. The van der Waals surface area contributed by atoms with E-state index in [0.717, 1.165) is 4.47 Å². The van der Waals surface area contributed by atoms with Crippen LogP contribution in [0.2, 0.25) is 5.02 Å². The van der Waals surface area contributed by atoms with Crippen LogP contribution in [-0.2, 0) is 10.0 Å². The van der Waals surface area contributed by atoms with Crippen molar-refractivity contribution in [1.29, 1.82) is 0 Å². The van der Waals surface area contributed by atoms with E-state index in [-0.39, 0.29) is 16.0 Å². The number of hydrogen-bond acceptors (Lipinski definition) is 3. The largest absolute Gasteiger partial charge is 0.314 e. The minimum Gasteiger partial charge on any atom is -0.314 e. The third kappa shape index (κ3) is 2.72. The molecular weight excluding hydrogens is 340 g/mol. The Morgan fingerprint density at radius 3 is 2.83 bits per heavy atom. The van der Waals surface area contributed by atoms with Crippen LogP contribution in [0.15, 0.2) is 27.6 Å². The predicted octanol–water partition coefficient (Wildman–Crippen LogP) is 2.08. The van der Waals surface area contributed by atoms with Crippen LogP contribution in [0.1, 0.15) is 6.92 Å². The number of benzene rings is 1. The van der Waals surface area contributed by atoms with Crippen LogP contribution in [0, 0.1) is 0 Å². The molecule has 0 radical (unpaired) electrons. The second-order valence-corrected chi connectivity index (χ2v) is 7.43. The Balaban J connectivity index is 2.41. The predicted molar refractivity (Wildman–Crippen MR) is 75.4 cm³/mol. The van der Waals surface area contributed by atoms with Gasteiger partial charge in [-0.3, -0.25) is 0 Å². The highest BCUT2D eigenvalue weighted by Gasteiger charge is 2.32. The van der Waals surface area contributed by atoms with Gasteiger partial charge in [0.05, 0.1) is 5.02 Å². The number of hydrogen-bond donors (Lipinski definition) is 1. The zero-order valence-corrected chi connectivity index (χ0v) is 13.0. The smallest absolute Gasteiger partial charge is 0.244 e. The molecular formula is C11H14BrClN2O2S. The molecule has 1 N–H and O–H groups in total. The molecule has 100 valence electrons. The molecule has 0 spiro atoms. The van der Waals surface area contributed by atoms with Gasteiger partial charge in [0.25, 0.3) is 0 Å². The third-order valence-electron chi connectivity index (χ3n) is 2.92. The molecule has 0 saturated carbocycles. The highest BCUT2D eigenvalue weighted by Crippen LogP contribution is 2.28. The summed E-state index contributed by atoms with van der Waals surface area (Å²) in [6.07, 6.45) is 0. The van der Waals surface area contributed by atoms with E-state index < -0.39 is 10.0 Å². The molecule has 1 aliphatic heterocycles. The second-order valence-electron chi connectivity index (χ2n) is 4.24. The summed E-state index contributed by atoms with van der Waals surface area (Å²) >= 11 is 9.30. The van der Waals surface area contributed by atoms with Gasteiger partial charge in [-0.1, -0.05) is 27.5 Å². The number of nitrogens with one attached hydrogen (secondary N) is 1. The molecule has 1 saturated heterocycles. The molecule has 1 atom stereocenters. The normalized spacial score (nSPS) is 22.1. The Hall–Kier alpha value is -0.140. The minimum absolute atomic E-state index is 0.0662. The molecule has 1 aromatic carbocycles. The highest BCUT2D eigenvalue weighted by molar-refractivity contribution is 9.10. The Labute approximate surface area is 120 Å². The van der Waals surface area contributed by atoms with Crippen molar-refractivity contribution in [2.24, 2.45) is 0 Å². The number of rotatable bonds is 2. The Bertz CT molecular complexity index is 550. The van der Waals surface area contributed by atoms with Crippen LogP contribution in [0.25, 0.3) is 0 Å². The fourth-order valence-electron chi connectivity index (χ4n) is 1.99. The first-order valence-corrected chi connectivity index (χ1v) is 8.21. The van der Waals surface area contributed by atoms with Crippen LogP contribution >= 0.6 is 27.5 Å². The van der Waals surface area contributed by atoms with Gasteiger partial charge in [0.2, 0.25) is 10.0 Å².